The second kappa shape index (κ2) is 5.92. The molecule has 3 nitrogen and oxygen atoms in total. The van der Waals surface area contributed by atoms with E-state index in [9.17, 15) is 4.79 Å². The molecule has 0 aromatic carbocycles. The molecule has 0 bridgehead atoms. The Balaban J connectivity index is 2.19. The number of hydrogen-bond donors (Lipinski definition) is 0. The highest BCUT2D eigenvalue weighted by Gasteiger charge is 2.27. The van der Waals surface area contributed by atoms with Crippen LogP contribution in [0.5, 0.6) is 0 Å². The fourth-order valence-electron chi connectivity index (χ4n) is 2.83. The maximum absolute atomic E-state index is 12.8. The van der Waals surface area contributed by atoms with Gasteiger partial charge in [-0.2, -0.15) is 0 Å². The second-order valence-corrected chi connectivity index (χ2v) is 7.77. The molecule has 1 saturated heterocycles. The molecule has 4 heteroatoms. The predicted molar refractivity (Wildman–Crippen MR) is 86.1 cm³/mol. The molecule has 0 atom stereocenters. The Morgan fingerprint density at radius 2 is 2.00 bits per heavy atom. The van der Waals surface area contributed by atoms with Gasteiger partial charge in [0.05, 0.1) is 0 Å². The standard InChI is InChI=1S/C16H25BrN2O/c1-12(2)19-11-13(17)10-14(19)15(20)18-8-5-6-16(3,4)7-9-18/h10-12H,5-9H2,1-4H3. The van der Waals surface area contributed by atoms with Crippen LogP contribution in [0, 0.1) is 5.41 Å². The molecule has 1 fully saturated rings. The highest BCUT2D eigenvalue weighted by Crippen LogP contribution is 2.30. The number of nitrogens with zero attached hydrogens (tertiary/aromatic N) is 2. The van der Waals surface area contributed by atoms with Crippen LogP contribution in [-0.4, -0.2) is 28.5 Å². The van der Waals surface area contributed by atoms with Crippen LogP contribution in [0.15, 0.2) is 16.7 Å². The van der Waals surface area contributed by atoms with E-state index in [1.54, 1.807) is 0 Å². The number of halogens is 1. The lowest BCUT2D eigenvalue weighted by atomic mass is 9.85. The minimum atomic E-state index is 0.169. The summed E-state index contributed by atoms with van der Waals surface area (Å²) in [4.78, 5) is 14.8. The van der Waals surface area contributed by atoms with Gasteiger partial charge in [-0.05, 0) is 60.5 Å². The summed E-state index contributed by atoms with van der Waals surface area (Å²) in [5.41, 5.74) is 1.15. The zero-order valence-electron chi connectivity index (χ0n) is 12.9. The highest BCUT2D eigenvalue weighted by molar-refractivity contribution is 9.10. The fourth-order valence-corrected chi connectivity index (χ4v) is 3.27. The zero-order chi connectivity index (χ0) is 14.9. The van der Waals surface area contributed by atoms with Gasteiger partial charge in [-0.3, -0.25) is 4.79 Å². The monoisotopic (exact) mass is 340 g/mol. The average molecular weight is 341 g/mol. The van der Waals surface area contributed by atoms with Gasteiger partial charge < -0.3 is 9.47 Å². The Kier molecular flexibility index (Phi) is 4.62. The van der Waals surface area contributed by atoms with Crippen molar-refractivity contribution in [1.29, 1.82) is 0 Å². The Morgan fingerprint density at radius 3 is 2.65 bits per heavy atom. The number of carbonyl (C=O) groups is 1. The van der Waals surface area contributed by atoms with Crippen molar-refractivity contribution in [3.63, 3.8) is 0 Å². The van der Waals surface area contributed by atoms with Crippen molar-refractivity contribution in [3.05, 3.63) is 22.4 Å². The van der Waals surface area contributed by atoms with Crippen molar-refractivity contribution in [2.45, 2.75) is 53.0 Å². The van der Waals surface area contributed by atoms with Gasteiger partial charge in [-0.1, -0.05) is 13.8 Å². The highest BCUT2D eigenvalue weighted by atomic mass is 79.9. The normalized spacial score (nSPS) is 19.2. The van der Waals surface area contributed by atoms with Gasteiger partial charge in [0.1, 0.15) is 5.69 Å². The summed E-state index contributed by atoms with van der Waals surface area (Å²) < 4.78 is 3.03. The summed E-state index contributed by atoms with van der Waals surface area (Å²) in [6.45, 7) is 10.6. The molecule has 0 spiro atoms. The van der Waals surface area contributed by atoms with Gasteiger partial charge in [-0.25, -0.2) is 0 Å². The minimum absolute atomic E-state index is 0.169. The van der Waals surface area contributed by atoms with E-state index < -0.39 is 0 Å². The number of hydrogen-bond acceptors (Lipinski definition) is 1. The van der Waals surface area contributed by atoms with Gasteiger partial charge >= 0.3 is 0 Å². The van der Waals surface area contributed by atoms with E-state index in [0.29, 0.717) is 11.5 Å². The van der Waals surface area contributed by atoms with Crippen LogP contribution in [0.1, 0.15) is 63.5 Å². The van der Waals surface area contributed by atoms with E-state index in [1.165, 1.54) is 6.42 Å². The summed E-state index contributed by atoms with van der Waals surface area (Å²) >= 11 is 3.49. The first-order chi connectivity index (χ1) is 9.30. The van der Waals surface area contributed by atoms with E-state index in [2.05, 4.69) is 48.2 Å². The lowest BCUT2D eigenvalue weighted by Crippen LogP contribution is -2.34. The molecule has 0 aliphatic carbocycles. The SMILES string of the molecule is CC(C)n1cc(Br)cc1C(=O)N1CCCC(C)(C)CC1. The largest absolute Gasteiger partial charge is 0.340 e. The smallest absolute Gasteiger partial charge is 0.270 e. The van der Waals surface area contributed by atoms with Crippen LogP contribution in [0.2, 0.25) is 0 Å². The number of rotatable bonds is 2. The van der Waals surface area contributed by atoms with Crippen molar-refractivity contribution in [1.82, 2.24) is 9.47 Å². The minimum Gasteiger partial charge on any atom is -0.340 e. The van der Waals surface area contributed by atoms with Gasteiger partial charge in [0.25, 0.3) is 5.91 Å². The first kappa shape index (κ1) is 15.6. The van der Waals surface area contributed by atoms with Gasteiger partial charge in [0, 0.05) is 29.8 Å². The fraction of sp³-hybridized carbons (Fsp3) is 0.688. The molecule has 0 radical (unpaired) electrons. The summed E-state index contributed by atoms with van der Waals surface area (Å²) in [6, 6.07) is 2.24. The summed E-state index contributed by atoms with van der Waals surface area (Å²) in [5.74, 6) is 0.169. The van der Waals surface area contributed by atoms with Gasteiger partial charge in [0.15, 0.2) is 0 Å². The summed E-state index contributed by atoms with van der Waals surface area (Å²) in [6.07, 6.45) is 5.38. The van der Waals surface area contributed by atoms with Gasteiger partial charge in [0.2, 0.25) is 0 Å². The molecule has 1 amide bonds. The van der Waals surface area contributed by atoms with E-state index in [-0.39, 0.29) is 5.91 Å². The third kappa shape index (κ3) is 3.46. The molecular weight excluding hydrogens is 316 g/mol. The first-order valence-corrected chi connectivity index (χ1v) is 8.26. The number of carbonyl (C=O) groups excluding carboxylic acids is 1. The average Bonchev–Trinajstić information content (AvgIpc) is 2.65. The molecular formula is C16H25BrN2O. The molecule has 112 valence electrons. The van der Waals surface area contributed by atoms with Crippen LogP contribution in [0.3, 0.4) is 0 Å². The zero-order valence-corrected chi connectivity index (χ0v) is 14.5. The molecule has 2 rings (SSSR count). The number of amides is 1. The Labute approximate surface area is 130 Å². The molecule has 0 N–H and O–H groups in total. The van der Waals surface area contributed by atoms with Crippen molar-refractivity contribution in [2.24, 2.45) is 5.41 Å². The predicted octanol–water partition coefficient (Wildman–Crippen LogP) is 4.48. The molecule has 0 saturated carbocycles. The molecule has 1 aromatic heterocycles. The second-order valence-electron chi connectivity index (χ2n) is 6.85. The third-order valence-electron chi connectivity index (χ3n) is 4.22. The van der Waals surface area contributed by atoms with E-state index in [1.807, 2.05) is 17.2 Å². The lowest BCUT2D eigenvalue weighted by Gasteiger charge is -2.24. The summed E-state index contributed by atoms with van der Waals surface area (Å²) in [7, 11) is 0. The van der Waals surface area contributed by atoms with Crippen LogP contribution in [0.25, 0.3) is 0 Å². The number of aromatic nitrogens is 1. The Hall–Kier alpha value is -0.770. The van der Waals surface area contributed by atoms with Crippen molar-refractivity contribution < 1.29 is 4.79 Å². The topological polar surface area (TPSA) is 25.2 Å². The van der Waals surface area contributed by atoms with Crippen molar-refractivity contribution >= 4 is 21.8 Å². The van der Waals surface area contributed by atoms with E-state index in [0.717, 1.165) is 36.1 Å². The van der Waals surface area contributed by atoms with Crippen molar-refractivity contribution in [2.75, 3.05) is 13.1 Å². The maximum atomic E-state index is 12.8. The van der Waals surface area contributed by atoms with Crippen molar-refractivity contribution in [3.8, 4) is 0 Å². The van der Waals surface area contributed by atoms with E-state index in [4.69, 9.17) is 0 Å². The van der Waals surface area contributed by atoms with E-state index >= 15 is 0 Å². The third-order valence-corrected chi connectivity index (χ3v) is 4.65. The molecule has 1 aromatic rings. The molecule has 20 heavy (non-hydrogen) atoms. The van der Waals surface area contributed by atoms with Crippen LogP contribution < -0.4 is 0 Å². The first-order valence-electron chi connectivity index (χ1n) is 7.47. The molecule has 0 unspecified atom stereocenters. The molecule has 2 heterocycles. The summed E-state index contributed by atoms with van der Waals surface area (Å²) in [5, 5.41) is 0. The van der Waals surface area contributed by atoms with Crippen LogP contribution in [0.4, 0.5) is 0 Å². The quantitative estimate of drug-likeness (QED) is 0.778. The number of likely N-dealkylation sites (tertiary alicyclic amines) is 1. The van der Waals surface area contributed by atoms with Crippen LogP contribution in [-0.2, 0) is 0 Å². The Bertz CT molecular complexity index is 491. The van der Waals surface area contributed by atoms with Gasteiger partial charge in [-0.15, -0.1) is 0 Å². The molecule has 1 aliphatic rings. The van der Waals surface area contributed by atoms with Crippen LogP contribution >= 0.6 is 15.9 Å². The maximum Gasteiger partial charge on any atom is 0.270 e. The Morgan fingerprint density at radius 1 is 1.30 bits per heavy atom. The lowest BCUT2D eigenvalue weighted by molar-refractivity contribution is 0.0745. The molecule has 1 aliphatic heterocycles.